The molecular weight excluding hydrogens is 384 g/mol. The number of benzene rings is 1. The van der Waals surface area contributed by atoms with Crippen LogP contribution in [-0.2, 0) is 10.0 Å². The largest absolute Gasteiger partial charge is 0.306 e. The van der Waals surface area contributed by atoms with Gasteiger partial charge in [-0.05, 0) is 58.0 Å². The van der Waals surface area contributed by atoms with Crippen molar-refractivity contribution in [1.29, 1.82) is 0 Å². The highest BCUT2D eigenvalue weighted by Crippen LogP contribution is 2.32. The molecule has 0 N–H and O–H groups in total. The van der Waals surface area contributed by atoms with Crippen molar-refractivity contribution in [3.8, 4) is 0 Å². The van der Waals surface area contributed by atoms with Crippen LogP contribution in [0.2, 0.25) is 19.6 Å². The second kappa shape index (κ2) is 9.70. The summed E-state index contributed by atoms with van der Waals surface area (Å²) in [6, 6.07) is 7.22. The Morgan fingerprint density at radius 2 is 1.82 bits per heavy atom. The zero-order valence-corrected chi connectivity index (χ0v) is 20.3. The number of nitrogens with zero attached hydrogens (tertiary/aromatic N) is 2. The highest BCUT2D eigenvalue weighted by Gasteiger charge is 2.36. The Balaban J connectivity index is 2.18. The van der Waals surface area contributed by atoms with Gasteiger partial charge in [-0.15, -0.1) is 0 Å². The van der Waals surface area contributed by atoms with Crippen LogP contribution in [0.1, 0.15) is 31.7 Å². The van der Waals surface area contributed by atoms with Crippen LogP contribution in [0, 0.1) is 12.8 Å². The summed E-state index contributed by atoms with van der Waals surface area (Å²) in [5.74, 6) is 0.330. The molecule has 1 atom stereocenters. The van der Waals surface area contributed by atoms with E-state index in [1.165, 1.54) is 18.4 Å². The number of rotatable bonds is 9. The van der Waals surface area contributed by atoms with E-state index in [2.05, 4.69) is 44.2 Å². The molecule has 1 aliphatic heterocycles. The van der Waals surface area contributed by atoms with Gasteiger partial charge in [-0.25, -0.2) is 8.42 Å². The Morgan fingerprint density at radius 3 is 2.39 bits per heavy atom. The maximum atomic E-state index is 13.2. The molecule has 1 aliphatic rings. The quantitative estimate of drug-likeness (QED) is 0.549. The lowest BCUT2D eigenvalue weighted by Crippen LogP contribution is -2.29. The van der Waals surface area contributed by atoms with Gasteiger partial charge in [-0.2, -0.15) is 4.31 Å². The van der Waals surface area contributed by atoms with Crippen LogP contribution in [-0.4, -0.2) is 58.9 Å². The predicted octanol–water partition coefficient (Wildman–Crippen LogP) is 4.54. The number of hydrogen-bond acceptors (Lipinski definition) is 3. The number of sulfonamides is 1. The number of unbranched alkanes of at least 4 members (excludes halogenated alkanes) is 1. The average Bonchev–Trinajstić information content (AvgIpc) is 3.00. The van der Waals surface area contributed by atoms with Crippen LogP contribution < -0.4 is 0 Å². The van der Waals surface area contributed by atoms with Crippen molar-refractivity contribution in [2.24, 2.45) is 5.92 Å². The first-order valence-corrected chi connectivity index (χ1v) is 15.5. The van der Waals surface area contributed by atoms with Crippen molar-refractivity contribution in [1.82, 2.24) is 9.21 Å². The van der Waals surface area contributed by atoms with Gasteiger partial charge >= 0.3 is 0 Å². The minimum absolute atomic E-state index is 0.330. The maximum Gasteiger partial charge on any atom is 0.243 e. The van der Waals surface area contributed by atoms with Crippen molar-refractivity contribution >= 4 is 18.1 Å². The van der Waals surface area contributed by atoms with Gasteiger partial charge in [0.1, 0.15) is 0 Å². The van der Waals surface area contributed by atoms with Gasteiger partial charge in [0, 0.05) is 13.1 Å². The average molecular weight is 423 g/mol. The summed E-state index contributed by atoms with van der Waals surface area (Å²) in [4.78, 5) is 2.79. The standard InChI is InChI=1S/C22H38N2O2SSi/c1-7-8-14-23(3)15-13-20-16-24(17-21(20)18-28(4,5)6)27(25,26)22-11-9-19(2)10-12-22/h9-12,18,20H,7-8,13-17H2,1-6H3/b21-18+. The summed E-state index contributed by atoms with van der Waals surface area (Å²) < 4.78 is 28.1. The molecule has 0 aromatic heterocycles. The fourth-order valence-corrected chi connectivity index (χ4v) is 6.63. The second-order valence-electron chi connectivity index (χ2n) is 9.34. The first-order chi connectivity index (χ1) is 13.0. The third kappa shape index (κ3) is 6.54. The molecule has 0 radical (unpaired) electrons. The van der Waals surface area contributed by atoms with E-state index in [0.29, 0.717) is 23.9 Å². The molecule has 28 heavy (non-hydrogen) atoms. The summed E-state index contributed by atoms with van der Waals surface area (Å²) in [6.07, 6.45) is 3.44. The van der Waals surface area contributed by atoms with Crippen LogP contribution in [0.25, 0.3) is 0 Å². The molecule has 0 saturated carbocycles. The molecule has 0 spiro atoms. The number of hydrogen-bond donors (Lipinski definition) is 0. The summed E-state index contributed by atoms with van der Waals surface area (Å²) in [6.45, 7) is 14.4. The Morgan fingerprint density at radius 1 is 1.18 bits per heavy atom. The van der Waals surface area contributed by atoms with Crippen LogP contribution in [0.3, 0.4) is 0 Å². The van der Waals surface area contributed by atoms with Crippen molar-refractivity contribution in [3.05, 3.63) is 41.1 Å². The van der Waals surface area contributed by atoms with E-state index in [1.807, 2.05) is 19.1 Å². The summed E-state index contributed by atoms with van der Waals surface area (Å²) in [5.41, 5.74) is 4.83. The maximum absolute atomic E-state index is 13.2. The summed E-state index contributed by atoms with van der Waals surface area (Å²) in [7, 11) is -2.68. The molecular formula is C22H38N2O2SSi. The fourth-order valence-electron chi connectivity index (χ4n) is 3.72. The van der Waals surface area contributed by atoms with Gasteiger partial charge in [0.25, 0.3) is 0 Å². The van der Waals surface area contributed by atoms with Crippen LogP contribution in [0.4, 0.5) is 0 Å². The van der Waals surface area contributed by atoms with Crippen molar-refractivity contribution in [2.45, 2.75) is 57.6 Å². The van der Waals surface area contributed by atoms with E-state index >= 15 is 0 Å². The van der Waals surface area contributed by atoms with Crippen LogP contribution >= 0.6 is 0 Å². The van der Waals surface area contributed by atoms with Gasteiger partial charge in [0.2, 0.25) is 10.0 Å². The molecule has 0 bridgehead atoms. The third-order valence-corrected chi connectivity index (χ3v) is 8.40. The van der Waals surface area contributed by atoms with E-state index in [0.717, 1.165) is 25.1 Å². The highest BCUT2D eigenvalue weighted by molar-refractivity contribution is 7.89. The molecule has 1 heterocycles. The third-order valence-electron chi connectivity index (χ3n) is 5.34. The molecule has 2 rings (SSSR count). The molecule has 1 saturated heterocycles. The molecule has 1 unspecified atom stereocenters. The van der Waals surface area contributed by atoms with Gasteiger partial charge in [-0.3, -0.25) is 0 Å². The Bertz CT molecular complexity index is 767. The lowest BCUT2D eigenvalue weighted by Gasteiger charge is -2.21. The molecule has 6 heteroatoms. The molecule has 1 aromatic carbocycles. The van der Waals surface area contributed by atoms with Crippen molar-refractivity contribution in [3.63, 3.8) is 0 Å². The SMILES string of the molecule is CCCCN(C)CCC1CN(S(=O)(=O)c2ccc(C)cc2)C/C1=C\[Si](C)(C)C. The first-order valence-electron chi connectivity index (χ1n) is 10.5. The van der Waals surface area contributed by atoms with E-state index in [9.17, 15) is 8.42 Å². The van der Waals surface area contributed by atoms with Crippen molar-refractivity contribution < 1.29 is 8.42 Å². The Kier molecular flexibility index (Phi) is 8.08. The smallest absolute Gasteiger partial charge is 0.243 e. The van der Waals surface area contributed by atoms with E-state index in [1.54, 1.807) is 16.4 Å². The lowest BCUT2D eigenvalue weighted by atomic mass is 10.0. The zero-order chi connectivity index (χ0) is 20.9. The summed E-state index contributed by atoms with van der Waals surface area (Å²) in [5, 5.41) is 0. The van der Waals surface area contributed by atoms with Gasteiger partial charge in [0.15, 0.2) is 0 Å². The first kappa shape index (κ1) is 23.3. The lowest BCUT2D eigenvalue weighted by molar-refractivity contribution is 0.304. The summed E-state index contributed by atoms with van der Waals surface area (Å²) >= 11 is 0. The predicted molar refractivity (Wildman–Crippen MR) is 122 cm³/mol. The normalized spacial score (nSPS) is 20.4. The van der Waals surface area contributed by atoms with Gasteiger partial charge in [0.05, 0.1) is 13.0 Å². The monoisotopic (exact) mass is 422 g/mol. The molecule has 158 valence electrons. The van der Waals surface area contributed by atoms with Gasteiger partial charge < -0.3 is 4.90 Å². The molecule has 1 fully saturated rings. The minimum Gasteiger partial charge on any atom is -0.306 e. The minimum atomic E-state index is -3.44. The number of aryl methyl sites for hydroxylation is 1. The van der Waals surface area contributed by atoms with E-state index in [-0.39, 0.29) is 0 Å². The molecule has 4 nitrogen and oxygen atoms in total. The molecule has 0 amide bonds. The Hall–Kier alpha value is -0.953. The topological polar surface area (TPSA) is 40.6 Å². The fraction of sp³-hybridized carbons (Fsp3) is 0.636. The highest BCUT2D eigenvalue weighted by atomic mass is 32.2. The van der Waals surface area contributed by atoms with E-state index in [4.69, 9.17) is 0 Å². The van der Waals surface area contributed by atoms with Crippen LogP contribution in [0.15, 0.2) is 40.4 Å². The van der Waals surface area contributed by atoms with Crippen LogP contribution in [0.5, 0.6) is 0 Å². The van der Waals surface area contributed by atoms with Crippen molar-refractivity contribution in [2.75, 3.05) is 33.2 Å². The second-order valence-corrected chi connectivity index (χ2v) is 16.3. The molecule has 0 aliphatic carbocycles. The molecule has 1 aromatic rings. The van der Waals surface area contributed by atoms with E-state index < -0.39 is 18.1 Å². The Labute approximate surface area is 173 Å². The zero-order valence-electron chi connectivity index (χ0n) is 18.5. The van der Waals surface area contributed by atoms with Gasteiger partial charge in [-0.1, -0.05) is 62.0 Å².